The Morgan fingerprint density at radius 3 is 1.15 bits per heavy atom. The molecule has 0 aliphatic carbocycles. The molecule has 0 heterocycles. The highest BCUT2D eigenvalue weighted by molar-refractivity contribution is 5.17. The highest BCUT2D eigenvalue weighted by Gasteiger charge is 2.02. The Labute approximate surface area is 118 Å². The van der Waals surface area contributed by atoms with E-state index in [1.54, 1.807) is 24.3 Å². The molecule has 2 atom stereocenters. The van der Waals surface area contributed by atoms with Crippen LogP contribution in [0.3, 0.4) is 0 Å². The Morgan fingerprint density at radius 1 is 0.600 bits per heavy atom. The van der Waals surface area contributed by atoms with Crippen molar-refractivity contribution in [1.82, 2.24) is 0 Å². The third-order valence-corrected chi connectivity index (χ3v) is 2.71. The van der Waals surface area contributed by atoms with Gasteiger partial charge in [0.05, 0.1) is 13.2 Å². The van der Waals surface area contributed by atoms with Gasteiger partial charge in [0.2, 0.25) is 0 Å². The molecule has 0 aromatic heterocycles. The normalized spacial score (nSPS) is 13.0. The average molecular weight is 276 g/mol. The largest absolute Gasteiger partial charge is 0.393 e. The van der Waals surface area contributed by atoms with E-state index >= 15 is 0 Å². The summed E-state index contributed by atoms with van der Waals surface area (Å²) in [5, 5.41) is 35.2. The van der Waals surface area contributed by atoms with E-state index in [1.165, 1.54) is 0 Å². The van der Waals surface area contributed by atoms with Crippen molar-refractivity contribution in [3.63, 3.8) is 0 Å². The standard InChI is InChI=1S/2C8H10O2/c2*9-6-8(10)7-4-2-1-3-5-7/h2*1-5,8-10H,6H2. The molecule has 4 N–H and O–H groups in total. The van der Waals surface area contributed by atoms with Crippen LogP contribution in [0.1, 0.15) is 23.3 Å². The lowest BCUT2D eigenvalue weighted by Crippen LogP contribution is -2.01. The van der Waals surface area contributed by atoms with Gasteiger partial charge in [-0.2, -0.15) is 0 Å². The molecule has 0 saturated heterocycles. The predicted octanol–water partition coefficient (Wildman–Crippen LogP) is 1.42. The number of hydrogen-bond acceptors (Lipinski definition) is 4. The summed E-state index contributed by atoms with van der Waals surface area (Å²) in [6.07, 6.45) is -1.47. The van der Waals surface area contributed by atoms with Gasteiger partial charge in [-0.1, -0.05) is 60.7 Å². The summed E-state index contributed by atoms with van der Waals surface area (Å²) in [7, 11) is 0. The zero-order valence-electron chi connectivity index (χ0n) is 11.1. The molecule has 0 aliphatic rings. The topological polar surface area (TPSA) is 80.9 Å². The van der Waals surface area contributed by atoms with Crippen LogP contribution in [0.2, 0.25) is 0 Å². The third kappa shape index (κ3) is 5.50. The maximum atomic E-state index is 9.08. The van der Waals surface area contributed by atoms with Crippen molar-refractivity contribution in [2.45, 2.75) is 12.2 Å². The van der Waals surface area contributed by atoms with Gasteiger partial charge in [0.25, 0.3) is 0 Å². The first-order chi connectivity index (χ1) is 9.69. The second kappa shape index (κ2) is 9.23. The fourth-order valence-corrected chi connectivity index (χ4v) is 1.56. The van der Waals surface area contributed by atoms with E-state index in [0.29, 0.717) is 0 Å². The molecule has 0 spiro atoms. The van der Waals surface area contributed by atoms with Crippen LogP contribution < -0.4 is 0 Å². The molecule has 2 rings (SSSR count). The molecular formula is C16H20O4. The van der Waals surface area contributed by atoms with Gasteiger partial charge in [0.15, 0.2) is 0 Å². The van der Waals surface area contributed by atoms with Crippen LogP contribution in [-0.2, 0) is 0 Å². The van der Waals surface area contributed by atoms with Crippen molar-refractivity contribution in [2.24, 2.45) is 0 Å². The van der Waals surface area contributed by atoms with E-state index in [0.717, 1.165) is 11.1 Å². The zero-order valence-corrected chi connectivity index (χ0v) is 11.1. The van der Waals surface area contributed by atoms with Crippen LogP contribution in [0.4, 0.5) is 0 Å². The van der Waals surface area contributed by atoms with Crippen LogP contribution in [-0.4, -0.2) is 33.6 Å². The highest BCUT2D eigenvalue weighted by Crippen LogP contribution is 2.10. The summed E-state index contributed by atoms with van der Waals surface area (Å²) >= 11 is 0. The summed E-state index contributed by atoms with van der Waals surface area (Å²) in [5.41, 5.74) is 1.51. The molecule has 2 unspecified atom stereocenters. The summed E-state index contributed by atoms with van der Waals surface area (Å²) in [6.45, 7) is -0.436. The van der Waals surface area contributed by atoms with Crippen LogP contribution in [0.15, 0.2) is 60.7 Å². The van der Waals surface area contributed by atoms with E-state index in [9.17, 15) is 0 Å². The molecule has 0 amide bonds. The lowest BCUT2D eigenvalue weighted by molar-refractivity contribution is 0.0956. The number of hydrogen-bond donors (Lipinski definition) is 4. The minimum Gasteiger partial charge on any atom is -0.393 e. The fourth-order valence-electron chi connectivity index (χ4n) is 1.56. The predicted molar refractivity (Wildman–Crippen MR) is 77.0 cm³/mol. The number of benzene rings is 2. The molecule has 2 aromatic carbocycles. The number of aliphatic hydroxyl groups is 4. The Morgan fingerprint density at radius 2 is 0.900 bits per heavy atom. The lowest BCUT2D eigenvalue weighted by Gasteiger charge is -2.05. The number of aliphatic hydroxyl groups excluding tert-OH is 4. The Hall–Kier alpha value is -1.72. The fraction of sp³-hybridized carbons (Fsp3) is 0.250. The van der Waals surface area contributed by atoms with Gasteiger partial charge in [-0.3, -0.25) is 0 Å². The summed E-state index contributed by atoms with van der Waals surface area (Å²) in [6, 6.07) is 18.2. The van der Waals surface area contributed by atoms with Gasteiger partial charge >= 0.3 is 0 Å². The second-order valence-corrected chi connectivity index (χ2v) is 4.22. The first-order valence-corrected chi connectivity index (χ1v) is 6.36. The summed E-state index contributed by atoms with van der Waals surface area (Å²) in [5.74, 6) is 0. The smallest absolute Gasteiger partial charge is 0.102 e. The summed E-state index contributed by atoms with van der Waals surface area (Å²) in [4.78, 5) is 0. The molecule has 0 saturated carbocycles. The zero-order chi connectivity index (χ0) is 14.8. The molecule has 0 bridgehead atoms. The van der Waals surface area contributed by atoms with Crippen molar-refractivity contribution in [3.8, 4) is 0 Å². The van der Waals surface area contributed by atoms with E-state index in [2.05, 4.69) is 0 Å². The van der Waals surface area contributed by atoms with Crippen LogP contribution in [0.25, 0.3) is 0 Å². The SMILES string of the molecule is OCC(O)c1ccccc1.OCC(O)c1ccccc1. The van der Waals surface area contributed by atoms with Gasteiger partial charge in [-0.25, -0.2) is 0 Å². The van der Waals surface area contributed by atoms with E-state index in [1.807, 2.05) is 36.4 Å². The minimum absolute atomic E-state index is 0.218. The quantitative estimate of drug-likeness (QED) is 0.681. The van der Waals surface area contributed by atoms with Gasteiger partial charge in [0, 0.05) is 0 Å². The van der Waals surface area contributed by atoms with E-state index in [-0.39, 0.29) is 13.2 Å². The van der Waals surface area contributed by atoms with Crippen molar-refractivity contribution in [2.75, 3.05) is 13.2 Å². The molecule has 20 heavy (non-hydrogen) atoms. The molecule has 4 nitrogen and oxygen atoms in total. The van der Waals surface area contributed by atoms with Crippen LogP contribution in [0.5, 0.6) is 0 Å². The molecule has 0 radical (unpaired) electrons. The molecular weight excluding hydrogens is 256 g/mol. The summed E-state index contributed by atoms with van der Waals surface area (Å²) < 4.78 is 0. The molecule has 108 valence electrons. The van der Waals surface area contributed by atoms with E-state index in [4.69, 9.17) is 20.4 Å². The maximum absolute atomic E-state index is 9.08. The average Bonchev–Trinajstić information content (AvgIpc) is 2.55. The van der Waals surface area contributed by atoms with Crippen molar-refractivity contribution in [3.05, 3.63) is 71.8 Å². The Bertz CT molecular complexity index is 413. The monoisotopic (exact) mass is 276 g/mol. The number of rotatable bonds is 4. The Kier molecular flexibility index (Phi) is 7.54. The molecule has 0 aliphatic heterocycles. The lowest BCUT2D eigenvalue weighted by atomic mass is 10.1. The van der Waals surface area contributed by atoms with Crippen LogP contribution in [0, 0.1) is 0 Å². The minimum atomic E-state index is -0.735. The van der Waals surface area contributed by atoms with Crippen molar-refractivity contribution in [1.29, 1.82) is 0 Å². The molecule has 2 aromatic rings. The van der Waals surface area contributed by atoms with Crippen LogP contribution >= 0.6 is 0 Å². The van der Waals surface area contributed by atoms with Gasteiger partial charge in [-0.05, 0) is 11.1 Å². The van der Waals surface area contributed by atoms with Gasteiger partial charge in [-0.15, -0.1) is 0 Å². The van der Waals surface area contributed by atoms with Crippen molar-refractivity contribution >= 4 is 0 Å². The third-order valence-electron chi connectivity index (χ3n) is 2.71. The van der Waals surface area contributed by atoms with E-state index < -0.39 is 12.2 Å². The maximum Gasteiger partial charge on any atom is 0.102 e. The van der Waals surface area contributed by atoms with Crippen molar-refractivity contribution < 1.29 is 20.4 Å². The van der Waals surface area contributed by atoms with Gasteiger partial charge in [0.1, 0.15) is 12.2 Å². The molecule has 0 fully saturated rings. The first-order valence-electron chi connectivity index (χ1n) is 6.36. The second-order valence-electron chi connectivity index (χ2n) is 4.22. The Balaban J connectivity index is 0.000000200. The molecule has 4 heteroatoms. The van der Waals surface area contributed by atoms with Gasteiger partial charge < -0.3 is 20.4 Å². The highest BCUT2D eigenvalue weighted by atomic mass is 16.3. The first kappa shape index (κ1) is 16.3.